The van der Waals surface area contributed by atoms with Crippen molar-refractivity contribution in [1.29, 1.82) is 0 Å². The van der Waals surface area contributed by atoms with Crippen molar-refractivity contribution in [3.05, 3.63) is 0 Å². The highest BCUT2D eigenvalue weighted by atomic mass is 16.5. The molecule has 0 spiro atoms. The first kappa shape index (κ1) is 10.4. The SMILES string of the molecule is CC(C)(C)OCC1CCN(C2CC2)C1. The maximum Gasteiger partial charge on any atom is 0.0598 e. The van der Waals surface area contributed by atoms with E-state index in [9.17, 15) is 0 Å². The number of hydrogen-bond acceptors (Lipinski definition) is 2. The first-order valence-electron chi connectivity index (χ1n) is 5.92. The molecule has 0 aromatic heterocycles. The summed E-state index contributed by atoms with van der Waals surface area (Å²) in [6, 6.07) is 0.939. The highest BCUT2D eigenvalue weighted by Crippen LogP contribution is 2.32. The summed E-state index contributed by atoms with van der Waals surface area (Å²) >= 11 is 0. The molecule has 1 saturated carbocycles. The second kappa shape index (κ2) is 3.82. The number of likely N-dealkylation sites (tertiary alicyclic amines) is 1. The predicted octanol–water partition coefficient (Wildman–Crippen LogP) is 2.29. The summed E-state index contributed by atoms with van der Waals surface area (Å²) in [4.78, 5) is 2.65. The molecule has 2 aliphatic rings. The molecule has 82 valence electrons. The van der Waals surface area contributed by atoms with E-state index in [-0.39, 0.29) is 5.60 Å². The van der Waals surface area contributed by atoms with Crippen LogP contribution < -0.4 is 0 Å². The summed E-state index contributed by atoms with van der Waals surface area (Å²) in [7, 11) is 0. The average molecular weight is 197 g/mol. The summed E-state index contributed by atoms with van der Waals surface area (Å²) in [6.45, 7) is 9.96. The van der Waals surface area contributed by atoms with Gasteiger partial charge in [0.05, 0.1) is 12.2 Å². The Morgan fingerprint density at radius 1 is 1.21 bits per heavy atom. The summed E-state index contributed by atoms with van der Waals surface area (Å²) in [5.41, 5.74) is 0.0347. The molecule has 2 rings (SSSR count). The van der Waals surface area contributed by atoms with Crippen molar-refractivity contribution in [2.45, 2.75) is 51.7 Å². The normalized spacial score (nSPS) is 29.8. The molecule has 0 aromatic carbocycles. The molecular weight excluding hydrogens is 174 g/mol. The van der Waals surface area contributed by atoms with Crippen LogP contribution in [0.25, 0.3) is 0 Å². The van der Waals surface area contributed by atoms with Crippen molar-refractivity contribution in [3.8, 4) is 0 Å². The van der Waals surface area contributed by atoms with E-state index in [2.05, 4.69) is 25.7 Å². The van der Waals surface area contributed by atoms with E-state index >= 15 is 0 Å². The van der Waals surface area contributed by atoms with Gasteiger partial charge in [-0.2, -0.15) is 0 Å². The lowest BCUT2D eigenvalue weighted by atomic mass is 10.1. The van der Waals surface area contributed by atoms with E-state index in [1.807, 2.05) is 0 Å². The third kappa shape index (κ3) is 2.96. The quantitative estimate of drug-likeness (QED) is 0.688. The molecule has 14 heavy (non-hydrogen) atoms. The molecule has 0 amide bonds. The maximum absolute atomic E-state index is 5.84. The van der Waals surface area contributed by atoms with Crippen LogP contribution >= 0.6 is 0 Å². The van der Waals surface area contributed by atoms with Gasteiger partial charge in [-0.3, -0.25) is 0 Å². The van der Waals surface area contributed by atoms with Gasteiger partial charge < -0.3 is 9.64 Å². The Balaban J connectivity index is 1.68. The van der Waals surface area contributed by atoms with Crippen molar-refractivity contribution in [2.75, 3.05) is 19.7 Å². The molecule has 2 heteroatoms. The number of hydrogen-bond donors (Lipinski definition) is 0. The molecule has 1 unspecified atom stereocenters. The van der Waals surface area contributed by atoms with E-state index < -0.39 is 0 Å². The lowest BCUT2D eigenvalue weighted by molar-refractivity contribution is -0.0206. The van der Waals surface area contributed by atoms with Crippen LogP contribution in [0.4, 0.5) is 0 Å². The zero-order valence-corrected chi connectivity index (χ0v) is 9.75. The van der Waals surface area contributed by atoms with Crippen molar-refractivity contribution >= 4 is 0 Å². The predicted molar refractivity (Wildman–Crippen MR) is 58.4 cm³/mol. The van der Waals surface area contributed by atoms with Crippen LogP contribution in [0.3, 0.4) is 0 Å². The van der Waals surface area contributed by atoms with Gasteiger partial charge in [-0.1, -0.05) is 0 Å². The number of ether oxygens (including phenoxy) is 1. The summed E-state index contributed by atoms with van der Waals surface area (Å²) in [5.74, 6) is 0.787. The van der Waals surface area contributed by atoms with Gasteiger partial charge >= 0.3 is 0 Å². The lowest BCUT2D eigenvalue weighted by Gasteiger charge is -2.22. The molecule has 0 bridgehead atoms. The Morgan fingerprint density at radius 2 is 1.93 bits per heavy atom. The average Bonchev–Trinajstić information content (AvgIpc) is 2.81. The molecule has 1 heterocycles. The van der Waals surface area contributed by atoms with Gasteiger partial charge in [0.25, 0.3) is 0 Å². The van der Waals surface area contributed by atoms with Crippen LogP contribution in [0, 0.1) is 5.92 Å². The molecule has 2 fully saturated rings. The molecule has 0 aromatic rings. The molecule has 0 N–H and O–H groups in total. The Labute approximate surface area is 87.6 Å². The van der Waals surface area contributed by atoms with Gasteiger partial charge in [0.15, 0.2) is 0 Å². The summed E-state index contributed by atoms with van der Waals surface area (Å²) < 4.78 is 5.84. The fourth-order valence-corrected chi connectivity index (χ4v) is 2.14. The van der Waals surface area contributed by atoms with Crippen molar-refractivity contribution < 1.29 is 4.74 Å². The van der Waals surface area contributed by atoms with Gasteiger partial charge in [-0.05, 0) is 52.5 Å². The first-order chi connectivity index (χ1) is 6.54. The van der Waals surface area contributed by atoms with E-state index in [0.29, 0.717) is 0 Å². The zero-order chi connectivity index (χ0) is 10.2. The molecule has 1 saturated heterocycles. The zero-order valence-electron chi connectivity index (χ0n) is 9.75. The van der Waals surface area contributed by atoms with Crippen LogP contribution in [0.1, 0.15) is 40.0 Å². The number of rotatable bonds is 3. The Hall–Kier alpha value is -0.0800. The monoisotopic (exact) mass is 197 g/mol. The minimum atomic E-state index is 0.0347. The molecular formula is C12H23NO. The van der Waals surface area contributed by atoms with Crippen LogP contribution in [-0.4, -0.2) is 36.2 Å². The van der Waals surface area contributed by atoms with Crippen molar-refractivity contribution in [1.82, 2.24) is 4.90 Å². The van der Waals surface area contributed by atoms with Crippen LogP contribution in [0.5, 0.6) is 0 Å². The topological polar surface area (TPSA) is 12.5 Å². The lowest BCUT2D eigenvalue weighted by Crippen LogP contribution is -2.27. The smallest absolute Gasteiger partial charge is 0.0598 e. The highest BCUT2D eigenvalue weighted by molar-refractivity contribution is 4.89. The molecule has 1 aliphatic carbocycles. The second-order valence-electron chi connectivity index (χ2n) is 5.80. The van der Waals surface area contributed by atoms with E-state index in [4.69, 9.17) is 4.74 Å². The van der Waals surface area contributed by atoms with Crippen molar-refractivity contribution in [3.63, 3.8) is 0 Å². The highest BCUT2D eigenvalue weighted by Gasteiger charge is 2.34. The third-order valence-corrected chi connectivity index (χ3v) is 3.13. The minimum absolute atomic E-state index is 0.0347. The Bertz CT molecular complexity index is 193. The number of nitrogens with zero attached hydrogens (tertiary/aromatic N) is 1. The fourth-order valence-electron chi connectivity index (χ4n) is 2.14. The third-order valence-electron chi connectivity index (χ3n) is 3.13. The van der Waals surface area contributed by atoms with Crippen LogP contribution in [-0.2, 0) is 4.74 Å². The van der Waals surface area contributed by atoms with Crippen LogP contribution in [0.2, 0.25) is 0 Å². The Kier molecular flexibility index (Phi) is 2.85. The molecule has 1 aliphatic heterocycles. The second-order valence-corrected chi connectivity index (χ2v) is 5.80. The van der Waals surface area contributed by atoms with Gasteiger partial charge in [-0.15, -0.1) is 0 Å². The van der Waals surface area contributed by atoms with Crippen molar-refractivity contribution in [2.24, 2.45) is 5.92 Å². The standard InChI is InChI=1S/C12H23NO/c1-12(2,3)14-9-10-6-7-13(8-10)11-4-5-11/h10-11H,4-9H2,1-3H3. The van der Waals surface area contributed by atoms with E-state index in [0.717, 1.165) is 18.6 Å². The van der Waals surface area contributed by atoms with Gasteiger partial charge in [0.2, 0.25) is 0 Å². The molecule has 0 radical (unpaired) electrons. The van der Waals surface area contributed by atoms with Gasteiger partial charge in [0, 0.05) is 12.6 Å². The summed E-state index contributed by atoms with van der Waals surface area (Å²) in [5, 5.41) is 0. The van der Waals surface area contributed by atoms with Gasteiger partial charge in [0.1, 0.15) is 0 Å². The molecule has 1 atom stereocenters. The van der Waals surface area contributed by atoms with E-state index in [1.165, 1.54) is 32.4 Å². The fraction of sp³-hybridized carbons (Fsp3) is 1.00. The summed E-state index contributed by atoms with van der Waals surface area (Å²) in [6.07, 6.45) is 4.21. The van der Waals surface area contributed by atoms with E-state index in [1.54, 1.807) is 0 Å². The molecule has 2 nitrogen and oxygen atoms in total. The first-order valence-corrected chi connectivity index (χ1v) is 5.92. The van der Waals surface area contributed by atoms with Gasteiger partial charge in [-0.25, -0.2) is 0 Å². The largest absolute Gasteiger partial charge is 0.376 e. The Morgan fingerprint density at radius 3 is 2.50 bits per heavy atom. The maximum atomic E-state index is 5.84. The minimum Gasteiger partial charge on any atom is -0.376 e. The van der Waals surface area contributed by atoms with Crippen LogP contribution in [0.15, 0.2) is 0 Å².